The molecule has 0 aliphatic heterocycles. The number of carbonyl (C=O) groups is 2. The number of urea groups is 1. The van der Waals surface area contributed by atoms with Crippen LogP contribution in [0.4, 0.5) is 4.79 Å². The van der Waals surface area contributed by atoms with E-state index in [0.29, 0.717) is 18.1 Å². The monoisotopic (exact) mass is 284 g/mol. The Labute approximate surface area is 116 Å². The molecule has 1 aromatic rings. The van der Waals surface area contributed by atoms with Crippen LogP contribution in [0.25, 0.3) is 0 Å². The predicted octanol–water partition coefficient (Wildman–Crippen LogP) is 0.924. The number of nitrogens with zero attached hydrogens (tertiary/aromatic N) is 2. The number of hydrogen-bond acceptors (Lipinski definition) is 5. The molecule has 0 saturated heterocycles. The van der Waals surface area contributed by atoms with Gasteiger partial charge in [-0.2, -0.15) is 4.98 Å². The number of aliphatic carboxylic acids is 1. The molecule has 0 aliphatic carbocycles. The van der Waals surface area contributed by atoms with Gasteiger partial charge in [0.1, 0.15) is 0 Å². The predicted molar refractivity (Wildman–Crippen MR) is 69.9 cm³/mol. The van der Waals surface area contributed by atoms with Gasteiger partial charge in [-0.05, 0) is 12.3 Å². The number of hydrogen-bond donors (Lipinski definition) is 3. The average Bonchev–Trinajstić information content (AvgIpc) is 2.77. The van der Waals surface area contributed by atoms with Crippen LogP contribution in [0.2, 0.25) is 0 Å². The lowest BCUT2D eigenvalue weighted by Gasteiger charge is -2.15. The van der Waals surface area contributed by atoms with Crippen LogP contribution in [0.5, 0.6) is 0 Å². The number of rotatable bonds is 7. The lowest BCUT2D eigenvalue weighted by molar-refractivity contribution is -0.142. The zero-order valence-electron chi connectivity index (χ0n) is 11.8. The minimum Gasteiger partial charge on any atom is -0.481 e. The van der Waals surface area contributed by atoms with Gasteiger partial charge in [-0.25, -0.2) is 4.79 Å². The number of aromatic nitrogens is 2. The highest BCUT2D eigenvalue weighted by atomic mass is 16.5. The van der Waals surface area contributed by atoms with Gasteiger partial charge in [-0.1, -0.05) is 19.0 Å². The summed E-state index contributed by atoms with van der Waals surface area (Å²) < 4.78 is 4.76. The lowest BCUT2D eigenvalue weighted by Crippen LogP contribution is -2.40. The molecule has 0 saturated carbocycles. The molecule has 1 unspecified atom stereocenters. The van der Waals surface area contributed by atoms with Gasteiger partial charge >= 0.3 is 12.0 Å². The van der Waals surface area contributed by atoms with Crippen molar-refractivity contribution < 1.29 is 19.2 Å². The molecule has 8 heteroatoms. The zero-order valence-corrected chi connectivity index (χ0v) is 11.8. The Balaban J connectivity index is 2.32. The third kappa shape index (κ3) is 5.68. The van der Waals surface area contributed by atoms with E-state index in [1.54, 1.807) is 6.92 Å². The maximum Gasteiger partial charge on any atom is 0.315 e. The SMILES string of the molecule is Cc1nc(CNC(=O)NCC(CC(C)C)C(=O)O)no1. The Kier molecular flexibility index (Phi) is 5.95. The molecule has 1 heterocycles. The third-order valence-electron chi connectivity index (χ3n) is 2.59. The van der Waals surface area contributed by atoms with Crippen LogP contribution in [0.1, 0.15) is 32.0 Å². The molecule has 0 aromatic carbocycles. The number of aryl methyl sites for hydroxylation is 1. The molecule has 0 radical (unpaired) electrons. The van der Waals surface area contributed by atoms with E-state index in [1.165, 1.54) is 0 Å². The maximum absolute atomic E-state index is 11.5. The van der Waals surface area contributed by atoms with Crippen molar-refractivity contribution in [3.05, 3.63) is 11.7 Å². The van der Waals surface area contributed by atoms with Crippen molar-refractivity contribution in [2.45, 2.75) is 33.7 Å². The maximum atomic E-state index is 11.5. The van der Waals surface area contributed by atoms with Gasteiger partial charge < -0.3 is 20.3 Å². The number of nitrogens with one attached hydrogen (secondary N) is 2. The third-order valence-corrected chi connectivity index (χ3v) is 2.59. The van der Waals surface area contributed by atoms with Gasteiger partial charge in [0.2, 0.25) is 5.89 Å². The Bertz CT molecular complexity index is 458. The Morgan fingerprint density at radius 1 is 1.35 bits per heavy atom. The Morgan fingerprint density at radius 3 is 2.55 bits per heavy atom. The van der Waals surface area contributed by atoms with Crippen LogP contribution in [-0.4, -0.2) is 33.8 Å². The molecule has 0 bridgehead atoms. The highest BCUT2D eigenvalue weighted by Gasteiger charge is 2.19. The van der Waals surface area contributed by atoms with E-state index in [1.807, 2.05) is 13.8 Å². The first-order valence-electron chi connectivity index (χ1n) is 6.42. The first kappa shape index (κ1) is 15.9. The number of carbonyl (C=O) groups excluding carboxylic acids is 1. The molecule has 20 heavy (non-hydrogen) atoms. The second-order valence-corrected chi connectivity index (χ2v) is 4.96. The fourth-order valence-corrected chi connectivity index (χ4v) is 1.69. The Morgan fingerprint density at radius 2 is 2.05 bits per heavy atom. The molecule has 2 amide bonds. The molecule has 0 aliphatic rings. The standard InChI is InChI=1S/C12H20N4O4/c1-7(2)4-9(11(17)18)5-13-12(19)14-6-10-15-8(3)20-16-10/h7,9H,4-6H2,1-3H3,(H,17,18)(H2,13,14,19). The number of amides is 2. The van der Waals surface area contributed by atoms with Crippen molar-refractivity contribution in [2.75, 3.05) is 6.54 Å². The summed E-state index contributed by atoms with van der Waals surface area (Å²) in [5, 5.41) is 17.7. The number of carboxylic acids is 1. The molecule has 1 rings (SSSR count). The summed E-state index contributed by atoms with van der Waals surface area (Å²) in [7, 11) is 0. The smallest absolute Gasteiger partial charge is 0.315 e. The van der Waals surface area contributed by atoms with Gasteiger partial charge in [0.05, 0.1) is 12.5 Å². The van der Waals surface area contributed by atoms with Gasteiger partial charge in [0.25, 0.3) is 0 Å². The van der Waals surface area contributed by atoms with Crippen molar-refractivity contribution >= 4 is 12.0 Å². The summed E-state index contributed by atoms with van der Waals surface area (Å²) in [6.45, 7) is 5.75. The molecule has 0 fully saturated rings. The largest absolute Gasteiger partial charge is 0.481 e. The molecule has 1 aromatic heterocycles. The van der Waals surface area contributed by atoms with Crippen LogP contribution in [0.15, 0.2) is 4.52 Å². The lowest BCUT2D eigenvalue weighted by atomic mass is 9.97. The molecule has 1 atom stereocenters. The topological polar surface area (TPSA) is 117 Å². The summed E-state index contributed by atoms with van der Waals surface area (Å²) in [5.74, 6) is -0.455. The van der Waals surface area contributed by atoms with E-state index in [2.05, 4.69) is 20.8 Å². The number of carboxylic acid groups (broad SMARTS) is 1. The van der Waals surface area contributed by atoms with Gasteiger partial charge in [0.15, 0.2) is 5.82 Å². The highest BCUT2D eigenvalue weighted by molar-refractivity contribution is 5.75. The van der Waals surface area contributed by atoms with Crippen molar-refractivity contribution in [3.8, 4) is 0 Å². The minimum atomic E-state index is -0.909. The molecule has 0 spiro atoms. The highest BCUT2D eigenvalue weighted by Crippen LogP contribution is 2.10. The van der Waals surface area contributed by atoms with E-state index in [0.717, 1.165) is 0 Å². The van der Waals surface area contributed by atoms with Crippen molar-refractivity contribution in [3.63, 3.8) is 0 Å². The van der Waals surface area contributed by atoms with Gasteiger partial charge in [0, 0.05) is 13.5 Å². The van der Waals surface area contributed by atoms with Crippen LogP contribution in [0, 0.1) is 18.8 Å². The van der Waals surface area contributed by atoms with Crippen molar-refractivity contribution in [2.24, 2.45) is 11.8 Å². The van der Waals surface area contributed by atoms with Gasteiger partial charge in [-0.15, -0.1) is 0 Å². The summed E-state index contributed by atoms with van der Waals surface area (Å²) in [6.07, 6.45) is 0.514. The normalized spacial score (nSPS) is 12.2. The summed E-state index contributed by atoms with van der Waals surface area (Å²) in [4.78, 5) is 26.5. The van der Waals surface area contributed by atoms with Crippen molar-refractivity contribution in [1.82, 2.24) is 20.8 Å². The average molecular weight is 284 g/mol. The van der Waals surface area contributed by atoms with E-state index in [9.17, 15) is 9.59 Å². The van der Waals surface area contributed by atoms with E-state index in [4.69, 9.17) is 9.63 Å². The van der Waals surface area contributed by atoms with Crippen LogP contribution in [0.3, 0.4) is 0 Å². The summed E-state index contributed by atoms with van der Waals surface area (Å²) in [6, 6.07) is -0.456. The van der Waals surface area contributed by atoms with Crippen LogP contribution >= 0.6 is 0 Å². The van der Waals surface area contributed by atoms with E-state index >= 15 is 0 Å². The van der Waals surface area contributed by atoms with Crippen LogP contribution in [-0.2, 0) is 11.3 Å². The van der Waals surface area contributed by atoms with Crippen molar-refractivity contribution in [1.29, 1.82) is 0 Å². The molecule has 8 nitrogen and oxygen atoms in total. The molecule has 112 valence electrons. The first-order chi connectivity index (χ1) is 9.38. The molecular weight excluding hydrogens is 264 g/mol. The fraction of sp³-hybridized carbons (Fsp3) is 0.667. The van der Waals surface area contributed by atoms with Gasteiger partial charge in [-0.3, -0.25) is 4.79 Å². The molecular formula is C12H20N4O4. The first-order valence-corrected chi connectivity index (χ1v) is 6.42. The quantitative estimate of drug-likeness (QED) is 0.685. The summed E-state index contributed by atoms with van der Waals surface area (Å²) >= 11 is 0. The summed E-state index contributed by atoms with van der Waals surface area (Å²) in [5.41, 5.74) is 0. The second kappa shape index (κ2) is 7.46. The van der Waals surface area contributed by atoms with E-state index < -0.39 is 17.9 Å². The second-order valence-electron chi connectivity index (χ2n) is 4.96. The molecule has 3 N–H and O–H groups in total. The fourth-order valence-electron chi connectivity index (χ4n) is 1.69. The Hall–Kier alpha value is -2.12. The van der Waals surface area contributed by atoms with E-state index in [-0.39, 0.29) is 19.0 Å². The minimum absolute atomic E-state index is 0.0879. The zero-order chi connectivity index (χ0) is 15.1. The van der Waals surface area contributed by atoms with Crippen LogP contribution < -0.4 is 10.6 Å².